The Balaban J connectivity index is 1.77. The molecule has 0 aliphatic heterocycles. The average molecular weight is 413 g/mol. The number of carboxylic acid groups (broad SMARTS) is 1. The van der Waals surface area contributed by atoms with Crippen LogP contribution in [0.25, 0.3) is 5.82 Å². The lowest BCUT2D eigenvalue weighted by Crippen LogP contribution is -2.29. The van der Waals surface area contributed by atoms with Crippen LogP contribution in [0.3, 0.4) is 0 Å². The number of para-hydroxylation sites is 1. The molecule has 13 nitrogen and oxygen atoms in total. The van der Waals surface area contributed by atoms with Crippen molar-refractivity contribution in [1.82, 2.24) is 30.7 Å². The van der Waals surface area contributed by atoms with E-state index in [-0.39, 0.29) is 23.1 Å². The summed E-state index contributed by atoms with van der Waals surface area (Å²) in [7, 11) is 0. The summed E-state index contributed by atoms with van der Waals surface area (Å²) in [4.78, 5) is 23.1. The number of benzene rings is 1. The van der Waals surface area contributed by atoms with Crippen molar-refractivity contribution in [2.75, 3.05) is 12.3 Å². The number of amides is 1. The zero-order valence-corrected chi connectivity index (χ0v) is 15.8. The molecule has 0 fully saturated rings. The van der Waals surface area contributed by atoms with Gasteiger partial charge in [0.25, 0.3) is 5.91 Å². The molecule has 0 aliphatic rings. The predicted octanol–water partition coefficient (Wildman–Crippen LogP) is -0.922. The van der Waals surface area contributed by atoms with Crippen molar-refractivity contribution in [3.05, 3.63) is 41.2 Å². The van der Waals surface area contributed by atoms with Gasteiger partial charge in [-0.05, 0) is 28.9 Å². The van der Waals surface area contributed by atoms with Gasteiger partial charge in [0.2, 0.25) is 11.6 Å². The van der Waals surface area contributed by atoms with Gasteiger partial charge in [0.1, 0.15) is 12.4 Å². The summed E-state index contributed by atoms with van der Waals surface area (Å²) in [6, 6.07) is 6.57. The van der Waals surface area contributed by atoms with Gasteiger partial charge >= 0.3 is 0 Å². The fraction of sp³-hybridized carbons (Fsp3) is 0.235. The first-order chi connectivity index (χ1) is 14.5. The van der Waals surface area contributed by atoms with Crippen LogP contribution in [0, 0.1) is 0 Å². The second-order valence-corrected chi connectivity index (χ2v) is 5.92. The number of hydrazone groups is 1. The normalized spacial score (nSPS) is 11.0. The number of nitrogen functional groups attached to an aromatic ring is 1. The van der Waals surface area contributed by atoms with E-state index in [4.69, 9.17) is 10.5 Å². The lowest BCUT2D eigenvalue weighted by Gasteiger charge is -2.09. The largest absolute Gasteiger partial charge is 0.546 e. The van der Waals surface area contributed by atoms with Crippen LogP contribution in [0.5, 0.6) is 5.75 Å². The molecular formula is C17H17N8O5-. The summed E-state index contributed by atoms with van der Waals surface area (Å²) in [6.07, 6.45) is 2.48. The van der Waals surface area contributed by atoms with Crippen LogP contribution in [-0.4, -0.2) is 50.0 Å². The Bertz CT molecular complexity index is 1070. The van der Waals surface area contributed by atoms with Gasteiger partial charge in [-0.3, -0.25) is 4.79 Å². The zero-order valence-electron chi connectivity index (χ0n) is 15.8. The highest BCUT2D eigenvalue weighted by Crippen LogP contribution is 2.18. The maximum absolute atomic E-state index is 12.5. The first kappa shape index (κ1) is 20.4. The molecule has 2 aromatic heterocycles. The van der Waals surface area contributed by atoms with E-state index in [0.717, 1.165) is 0 Å². The standard InChI is InChI=1S/C17H18N8O5/c1-2-5-11-14(20-24-25(11)16-15(18)22-30-23-16)17(28)21-19-8-10-6-3-4-7-12(10)29-9-13(26)27/h3-4,6-8H,2,5,9H2,1H3,(H2,18,22)(H,21,28)(H,26,27)/p-1/b19-8-. The predicted molar refractivity (Wildman–Crippen MR) is 99.6 cm³/mol. The van der Waals surface area contributed by atoms with Crippen LogP contribution in [0.4, 0.5) is 5.82 Å². The maximum Gasteiger partial charge on any atom is 0.293 e. The molecule has 3 N–H and O–H groups in total. The van der Waals surface area contributed by atoms with E-state index in [9.17, 15) is 14.7 Å². The molecule has 0 aliphatic carbocycles. The number of hydrogen-bond acceptors (Lipinski definition) is 11. The molecular weight excluding hydrogens is 396 g/mol. The maximum atomic E-state index is 12.5. The Hall–Kier alpha value is -4.29. The third-order valence-electron chi connectivity index (χ3n) is 3.80. The van der Waals surface area contributed by atoms with E-state index in [1.807, 2.05) is 6.92 Å². The summed E-state index contributed by atoms with van der Waals surface area (Å²) in [5, 5.41) is 29.4. The highest BCUT2D eigenvalue weighted by atomic mass is 16.6. The first-order valence-corrected chi connectivity index (χ1v) is 8.79. The SMILES string of the molecule is CCCc1c(C(=O)N/N=C\c2ccccc2OCC(=O)[O-])nnn1-c1nonc1N. The van der Waals surface area contributed by atoms with Crippen LogP contribution in [0.1, 0.15) is 35.1 Å². The van der Waals surface area contributed by atoms with E-state index in [0.29, 0.717) is 24.1 Å². The molecule has 2 heterocycles. The Morgan fingerprint density at radius 3 is 2.87 bits per heavy atom. The number of rotatable bonds is 9. The molecule has 1 amide bonds. The lowest BCUT2D eigenvalue weighted by atomic mass is 10.2. The van der Waals surface area contributed by atoms with Crippen molar-refractivity contribution in [2.24, 2.45) is 5.10 Å². The summed E-state index contributed by atoms with van der Waals surface area (Å²) in [5.74, 6) is -1.55. The molecule has 0 atom stereocenters. The Labute approximate surface area is 169 Å². The third-order valence-corrected chi connectivity index (χ3v) is 3.80. The molecule has 30 heavy (non-hydrogen) atoms. The van der Waals surface area contributed by atoms with Crippen molar-refractivity contribution >= 4 is 23.9 Å². The molecule has 0 unspecified atom stereocenters. The monoisotopic (exact) mass is 413 g/mol. The number of hydrogen-bond donors (Lipinski definition) is 2. The van der Waals surface area contributed by atoms with Crippen LogP contribution >= 0.6 is 0 Å². The number of anilines is 1. The Morgan fingerprint density at radius 2 is 2.17 bits per heavy atom. The number of carboxylic acids is 1. The van der Waals surface area contributed by atoms with Crippen molar-refractivity contribution in [3.8, 4) is 11.6 Å². The second kappa shape index (κ2) is 9.27. The van der Waals surface area contributed by atoms with Crippen molar-refractivity contribution in [1.29, 1.82) is 0 Å². The van der Waals surface area contributed by atoms with Gasteiger partial charge < -0.3 is 20.4 Å². The van der Waals surface area contributed by atoms with Crippen LogP contribution in [0.15, 0.2) is 34.0 Å². The first-order valence-electron chi connectivity index (χ1n) is 8.79. The van der Waals surface area contributed by atoms with E-state index >= 15 is 0 Å². The van der Waals surface area contributed by atoms with Crippen LogP contribution < -0.4 is 21.0 Å². The summed E-state index contributed by atoms with van der Waals surface area (Å²) >= 11 is 0. The van der Waals surface area contributed by atoms with Gasteiger partial charge in [-0.15, -0.1) is 5.10 Å². The molecule has 1 aromatic carbocycles. The topological polar surface area (TPSA) is 186 Å². The number of aromatic nitrogens is 5. The van der Waals surface area contributed by atoms with Gasteiger partial charge in [-0.1, -0.05) is 30.7 Å². The van der Waals surface area contributed by atoms with Crippen molar-refractivity contribution in [2.45, 2.75) is 19.8 Å². The number of carbonyl (C=O) groups is 2. The van der Waals surface area contributed by atoms with E-state index in [1.165, 1.54) is 10.9 Å². The van der Waals surface area contributed by atoms with Crippen LogP contribution in [-0.2, 0) is 11.2 Å². The van der Waals surface area contributed by atoms with E-state index in [1.54, 1.807) is 24.3 Å². The number of aliphatic carboxylic acids is 1. The highest BCUT2D eigenvalue weighted by molar-refractivity contribution is 5.94. The second-order valence-electron chi connectivity index (χ2n) is 5.92. The summed E-state index contributed by atoms with van der Waals surface area (Å²) in [5.41, 5.74) is 9.00. The molecule has 0 radical (unpaired) electrons. The van der Waals surface area contributed by atoms with Gasteiger partial charge in [-0.25, -0.2) is 10.1 Å². The molecule has 3 rings (SSSR count). The molecule has 0 saturated carbocycles. The Kier molecular flexibility index (Phi) is 6.32. The minimum absolute atomic E-state index is 0.00963. The lowest BCUT2D eigenvalue weighted by molar-refractivity contribution is -0.307. The number of ether oxygens (including phenoxy) is 1. The number of carbonyl (C=O) groups excluding carboxylic acids is 2. The highest BCUT2D eigenvalue weighted by Gasteiger charge is 2.23. The van der Waals surface area contributed by atoms with Crippen molar-refractivity contribution in [3.63, 3.8) is 0 Å². The van der Waals surface area contributed by atoms with Gasteiger partial charge in [0.05, 0.1) is 17.9 Å². The van der Waals surface area contributed by atoms with Crippen LogP contribution in [0.2, 0.25) is 0 Å². The minimum atomic E-state index is -1.36. The van der Waals surface area contributed by atoms with Gasteiger partial charge in [0, 0.05) is 5.56 Å². The number of nitrogens with zero attached hydrogens (tertiary/aromatic N) is 6. The van der Waals surface area contributed by atoms with Gasteiger partial charge in [-0.2, -0.15) is 9.78 Å². The average Bonchev–Trinajstić information content (AvgIpc) is 3.33. The zero-order chi connectivity index (χ0) is 21.5. The molecule has 0 bridgehead atoms. The molecule has 13 heteroatoms. The summed E-state index contributed by atoms with van der Waals surface area (Å²) < 4.78 is 11.0. The van der Waals surface area contributed by atoms with E-state index in [2.05, 4.69) is 35.8 Å². The molecule has 3 aromatic rings. The van der Waals surface area contributed by atoms with Crippen molar-refractivity contribution < 1.29 is 24.1 Å². The molecule has 0 saturated heterocycles. The van der Waals surface area contributed by atoms with E-state index < -0.39 is 18.5 Å². The molecule has 0 spiro atoms. The fourth-order valence-electron chi connectivity index (χ4n) is 2.52. The smallest absolute Gasteiger partial charge is 0.293 e. The number of nitrogens with two attached hydrogens (primary N) is 1. The molecule has 156 valence electrons. The minimum Gasteiger partial charge on any atom is -0.546 e. The fourth-order valence-corrected chi connectivity index (χ4v) is 2.52. The number of nitrogens with one attached hydrogen (secondary N) is 1. The Morgan fingerprint density at radius 1 is 1.37 bits per heavy atom. The summed E-state index contributed by atoms with van der Waals surface area (Å²) in [6.45, 7) is 1.31. The third kappa shape index (κ3) is 4.57. The quantitative estimate of drug-likeness (QED) is 0.328. The van der Waals surface area contributed by atoms with Gasteiger partial charge in [0.15, 0.2) is 5.69 Å².